The lowest BCUT2D eigenvalue weighted by Gasteiger charge is -2.21. The number of rotatable bonds is 6. The zero-order valence-electron chi connectivity index (χ0n) is 34.5. The Bertz CT molecular complexity index is 3730. The predicted molar refractivity (Wildman–Crippen MR) is 262 cm³/mol. The molecule has 8 aromatic carbocycles. The monoisotopic (exact) mass is 828 g/mol. The van der Waals surface area contributed by atoms with Gasteiger partial charge in [-0.1, -0.05) is 147 Å². The highest BCUT2D eigenvalue weighted by Gasteiger charge is 2.23. The first-order valence-corrected chi connectivity index (χ1v) is 22.9. The van der Waals surface area contributed by atoms with E-state index < -0.39 is 0 Å². The van der Waals surface area contributed by atoms with E-state index in [1.807, 2.05) is 17.4 Å². The first-order valence-electron chi connectivity index (χ1n) is 22.0. The molecule has 12 aromatic rings. The number of para-hydroxylation sites is 1. The number of aromatic nitrogens is 4. The molecule has 0 N–H and O–H groups in total. The Labute approximate surface area is 368 Å². The van der Waals surface area contributed by atoms with Crippen LogP contribution in [-0.4, -0.2) is 19.5 Å². The molecule has 1 fully saturated rings. The number of fused-ring (bicyclic) bond motifs is 10. The summed E-state index contributed by atoms with van der Waals surface area (Å²) in [6.07, 6.45) is 5.93. The van der Waals surface area contributed by atoms with Crippen molar-refractivity contribution in [3.63, 3.8) is 0 Å². The number of benzene rings is 8. The van der Waals surface area contributed by atoms with Gasteiger partial charge >= 0.3 is 0 Å². The van der Waals surface area contributed by atoms with Gasteiger partial charge in [0.2, 0.25) is 0 Å². The maximum Gasteiger partial charge on any atom is 0.163 e. The normalized spacial score (nSPS) is 13.7. The Morgan fingerprint density at radius 3 is 2.00 bits per heavy atom. The zero-order valence-corrected chi connectivity index (χ0v) is 35.3. The number of nitrogens with zero attached hydrogens (tertiary/aromatic N) is 4. The molecule has 13 rings (SSSR count). The Kier molecular flexibility index (Phi) is 8.41. The molecule has 300 valence electrons. The Morgan fingerprint density at radius 2 is 1.16 bits per heavy atom. The third-order valence-corrected chi connectivity index (χ3v) is 14.4. The molecular weight excluding hydrogens is 789 g/mol. The van der Waals surface area contributed by atoms with Crippen molar-refractivity contribution in [2.24, 2.45) is 0 Å². The Balaban J connectivity index is 1.01. The smallest absolute Gasteiger partial charge is 0.163 e. The minimum absolute atomic E-state index is 0.342. The van der Waals surface area contributed by atoms with E-state index in [2.05, 4.69) is 174 Å². The molecule has 63 heavy (non-hydrogen) atoms. The standard InChI is InChI=1S/C57H40N4OS/c1-4-15-35(16-5-1)40-32-47(38-21-14-22-39(31-38)57-59-55(36-17-6-2-7-18-36)58-56(60-57)37-19-8-3-9-20-37)52-46-28-27-41(34-49(46)62-50(52)33-40)61-48-25-12-10-23-42(48)44-29-30-45-43-24-11-13-26-51(43)63-54(45)53(44)61/h1-2,4-7,10-18,21-34,37H,3,8-9,19-20H2. The van der Waals surface area contributed by atoms with Crippen LogP contribution in [0.1, 0.15) is 43.8 Å². The summed E-state index contributed by atoms with van der Waals surface area (Å²) in [5.74, 6) is 2.69. The largest absolute Gasteiger partial charge is 0.456 e. The van der Waals surface area contributed by atoms with Gasteiger partial charge in [-0.15, -0.1) is 11.3 Å². The summed E-state index contributed by atoms with van der Waals surface area (Å²) < 4.78 is 12.0. The van der Waals surface area contributed by atoms with Gasteiger partial charge in [0, 0.05) is 65.8 Å². The molecule has 0 atom stereocenters. The fourth-order valence-corrected chi connectivity index (χ4v) is 11.4. The van der Waals surface area contributed by atoms with Crippen molar-refractivity contribution in [1.29, 1.82) is 0 Å². The van der Waals surface area contributed by atoms with Gasteiger partial charge in [0.1, 0.15) is 17.0 Å². The average molecular weight is 829 g/mol. The van der Waals surface area contributed by atoms with Crippen LogP contribution in [0.4, 0.5) is 0 Å². The molecule has 0 bridgehead atoms. The van der Waals surface area contributed by atoms with Crippen molar-refractivity contribution in [3.8, 4) is 50.7 Å². The highest BCUT2D eigenvalue weighted by molar-refractivity contribution is 7.26. The number of furan rings is 1. The lowest BCUT2D eigenvalue weighted by atomic mass is 9.88. The SMILES string of the molecule is c1ccc(-c2cc(-c3cccc(-c4nc(-c5ccccc5)nc(C5CCCCC5)n4)c3)c3c(c2)oc2cc(-n4c5ccccc5c5ccc6c7ccccc7sc6c54)ccc23)cc1. The minimum Gasteiger partial charge on any atom is -0.456 e. The second-order valence-corrected chi connectivity index (χ2v) is 18.0. The zero-order chi connectivity index (χ0) is 41.4. The Morgan fingerprint density at radius 1 is 0.476 bits per heavy atom. The quantitative estimate of drug-likeness (QED) is 0.168. The molecule has 6 heteroatoms. The molecule has 0 spiro atoms. The van der Waals surface area contributed by atoms with E-state index >= 15 is 0 Å². The van der Waals surface area contributed by atoms with Gasteiger partial charge in [-0.25, -0.2) is 15.0 Å². The van der Waals surface area contributed by atoms with Crippen molar-refractivity contribution in [1.82, 2.24) is 19.5 Å². The van der Waals surface area contributed by atoms with Crippen LogP contribution < -0.4 is 0 Å². The van der Waals surface area contributed by atoms with Gasteiger partial charge in [0.25, 0.3) is 0 Å². The van der Waals surface area contributed by atoms with Crippen LogP contribution in [0.15, 0.2) is 180 Å². The number of hydrogen-bond donors (Lipinski definition) is 0. The van der Waals surface area contributed by atoms with E-state index in [1.54, 1.807) is 0 Å². The van der Waals surface area contributed by atoms with Crippen LogP contribution in [-0.2, 0) is 0 Å². The number of thiophene rings is 1. The van der Waals surface area contributed by atoms with E-state index in [0.717, 1.165) is 85.5 Å². The molecule has 5 nitrogen and oxygen atoms in total. The van der Waals surface area contributed by atoms with Crippen molar-refractivity contribution in [2.45, 2.75) is 38.0 Å². The van der Waals surface area contributed by atoms with E-state index in [1.165, 1.54) is 61.2 Å². The van der Waals surface area contributed by atoms with E-state index in [9.17, 15) is 0 Å². The highest BCUT2D eigenvalue weighted by atomic mass is 32.1. The summed E-state index contributed by atoms with van der Waals surface area (Å²) in [7, 11) is 0. The van der Waals surface area contributed by atoms with Crippen molar-refractivity contribution < 1.29 is 4.42 Å². The van der Waals surface area contributed by atoms with E-state index in [-0.39, 0.29) is 0 Å². The predicted octanol–water partition coefficient (Wildman–Crippen LogP) is 16.0. The molecule has 1 saturated carbocycles. The van der Waals surface area contributed by atoms with Crippen LogP contribution in [0.2, 0.25) is 0 Å². The number of hydrogen-bond acceptors (Lipinski definition) is 5. The summed E-state index contributed by atoms with van der Waals surface area (Å²) in [5.41, 5.74) is 11.6. The van der Waals surface area contributed by atoms with Gasteiger partial charge < -0.3 is 8.98 Å². The summed E-state index contributed by atoms with van der Waals surface area (Å²) in [6, 6.07) is 63.0. The fourth-order valence-electron chi connectivity index (χ4n) is 10.2. The maximum absolute atomic E-state index is 6.99. The average Bonchev–Trinajstić information content (AvgIpc) is 4.04. The molecule has 4 aromatic heterocycles. The molecule has 0 saturated heterocycles. The Hall–Kier alpha value is -7.41. The topological polar surface area (TPSA) is 56.7 Å². The van der Waals surface area contributed by atoms with Crippen LogP contribution in [0, 0.1) is 0 Å². The van der Waals surface area contributed by atoms with Crippen LogP contribution in [0.5, 0.6) is 0 Å². The minimum atomic E-state index is 0.342. The second-order valence-electron chi connectivity index (χ2n) is 17.0. The third kappa shape index (κ3) is 6.00. The molecular formula is C57H40N4OS. The summed E-state index contributed by atoms with van der Waals surface area (Å²) in [5, 5.41) is 7.25. The highest BCUT2D eigenvalue weighted by Crippen LogP contribution is 2.45. The molecule has 1 aliphatic carbocycles. The lowest BCUT2D eigenvalue weighted by molar-refractivity contribution is 0.428. The van der Waals surface area contributed by atoms with E-state index in [0.29, 0.717) is 11.7 Å². The summed E-state index contributed by atoms with van der Waals surface area (Å²) >= 11 is 1.87. The molecule has 0 aliphatic heterocycles. The first-order chi connectivity index (χ1) is 31.2. The molecule has 4 heterocycles. The maximum atomic E-state index is 6.99. The van der Waals surface area contributed by atoms with Gasteiger partial charge in [0.05, 0.1) is 15.7 Å². The lowest BCUT2D eigenvalue weighted by Crippen LogP contribution is -2.11. The van der Waals surface area contributed by atoms with Gasteiger partial charge in [-0.05, 0) is 77.6 Å². The third-order valence-electron chi connectivity index (χ3n) is 13.2. The molecule has 0 amide bonds. The van der Waals surface area contributed by atoms with Gasteiger partial charge in [-0.3, -0.25) is 0 Å². The van der Waals surface area contributed by atoms with Crippen LogP contribution in [0.25, 0.3) is 115 Å². The summed E-state index contributed by atoms with van der Waals surface area (Å²) in [4.78, 5) is 15.5. The van der Waals surface area contributed by atoms with Gasteiger partial charge in [0.15, 0.2) is 11.6 Å². The van der Waals surface area contributed by atoms with Gasteiger partial charge in [-0.2, -0.15) is 0 Å². The molecule has 1 aliphatic rings. The summed E-state index contributed by atoms with van der Waals surface area (Å²) in [6.45, 7) is 0. The van der Waals surface area contributed by atoms with Crippen LogP contribution in [0.3, 0.4) is 0 Å². The fraction of sp³-hybridized carbons (Fsp3) is 0.105. The molecule has 0 radical (unpaired) electrons. The van der Waals surface area contributed by atoms with Crippen molar-refractivity contribution >= 4 is 75.3 Å². The second kappa shape index (κ2) is 14.6. The molecule has 0 unspecified atom stereocenters. The van der Waals surface area contributed by atoms with Crippen molar-refractivity contribution in [2.75, 3.05) is 0 Å². The van der Waals surface area contributed by atoms with E-state index in [4.69, 9.17) is 19.4 Å². The first kappa shape index (κ1) is 36.3. The van der Waals surface area contributed by atoms with Crippen LogP contribution >= 0.6 is 11.3 Å². The van der Waals surface area contributed by atoms with Crippen molar-refractivity contribution in [3.05, 3.63) is 182 Å².